The Morgan fingerprint density at radius 3 is 2.29 bits per heavy atom. The summed E-state index contributed by atoms with van der Waals surface area (Å²) in [6, 6.07) is 25.9. The molecule has 0 fully saturated rings. The van der Waals surface area contributed by atoms with E-state index in [1.807, 2.05) is 66.7 Å². The fourth-order valence-corrected chi connectivity index (χ4v) is 5.11. The highest BCUT2D eigenvalue weighted by Crippen LogP contribution is 2.39. The number of carbonyl (C=O) groups is 1. The lowest BCUT2D eigenvalue weighted by Gasteiger charge is -2.17. The van der Waals surface area contributed by atoms with Gasteiger partial charge in [-0.25, -0.2) is 4.98 Å². The zero-order chi connectivity index (χ0) is 21.2. The molecule has 5 heteroatoms. The van der Waals surface area contributed by atoms with Crippen molar-refractivity contribution >= 4 is 22.4 Å². The maximum atomic E-state index is 13.4. The molecule has 4 aromatic rings. The number of carbonyl (C=O) groups excluding carboxylic acids is 1. The minimum atomic E-state index is -0.389. The normalized spacial score (nSPS) is 12.2. The van der Waals surface area contributed by atoms with Crippen LogP contribution in [0.4, 0.5) is 5.13 Å². The zero-order valence-corrected chi connectivity index (χ0v) is 18.0. The molecule has 0 saturated carbocycles. The van der Waals surface area contributed by atoms with E-state index < -0.39 is 0 Å². The smallest absolute Gasteiger partial charge is 0.238 e. The van der Waals surface area contributed by atoms with Gasteiger partial charge in [-0.3, -0.25) is 4.79 Å². The van der Waals surface area contributed by atoms with Crippen molar-refractivity contribution in [1.82, 2.24) is 4.98 Å². The van der Waals surface area contributed by atoms with Gasteiger partial charge in [0.15, 0.2) is 5.13 Å². The summed E-state index contributed by atoms with van der Waals surface area (Å²) in [5.74, 6) is 0.401. The molecule has 0 radical (unpaired) electrons. The molecule has 0 unspecified atom stereocenters. The maximum Gasteiger partial charge on any atom is 0.238 e. The average molecular weight is 427 g/mol. The summed E-state index contributed by atoms with van der Waals surface area (Å²) >= 11 is 1.57. The summed E-state index contributed by atoms with van der Waals surface area (Å²) in [5.41, 5.74) is 5.26. The number of amides is 1. The predicted molar refractivity (Wildman–Crippen MR) is 125 cm³/mol. The number of rotatable bonds is 5. The Bertz CT molecular complexity index is 1180. The molecule has 0 spiro atoms. The molecule has 1 aliphatic rings. The minimum absolute atomic E-state index is 0.0709. The lowest BCUT2D eigenvalue weighted by atomic mass is 9.90. The van der Waals surface area contributed by atoms with Crippen LogP contribution in [-0.4, -0.2) is 18.0 Å². The number of hydrogen-bond acceptors (Lipinski definition) is 4. The van der Waals surface area contributed by atoms with E-state index >= 15 is 0 Å². The second-order valence-corrected chi connectivity index (χ2v) is 8.64. The van der Waals surface area contributed by atoms with Crippen LogP contribution in [0.5, 0.6) is 5.75 Å². The van der Waals surface area contributed by atoms with Gasteiger partial charge in [-0.1, -0.05) is 60.7 Å². The molecule has 31 heavy (non-hydrogen) atoms. The fourth-order valence-electron chi connectivity index (χ4n) is 4.13. The molecule has 1 N–H and O–H groups in total. The van der Waals surface area contributed by atoms with Gasteiger partial charge in [-0.2, -0.15) is 0 Å². The molecule has 0 atom stereocenters. The molecule has 0 aliphatic heterocycles. The van der Waals surface area contributed by atoms with Crippen molar-refractivity contribution in [3.63, 3.8) is 0 Å². The second-order valence-electron chi connectivity index (χ2n) is 7.56. The molecule has 1 amide bonds. The van der Waals surface area contributed by atoms with Crippen LogP contribution in [0.2, 0.25) is 0 Å². The van der Waals surface area contributed by atoms with Crippen LogP contribution in [0.15, 0.2) is 78.9 Å². The van der Waals surface area contributed by atoms with E-state index in [0.29, 0.717) is 5.13 Å². The zero-order valence-electron chi connectivity index (χ0n) is 17.2. The lowest BCUT2D eigenvalue weighted by Crippen LogP contribution is -2.22. The first-order chi connectivity index (χ1) is 15.2. The lowest BCUT2D eigenvalue weighted by molar-refractivity contribution is -0.116. The molecule has 1 aromatic heterocycles. The van der Waals surface area contributed by atoms with Crippen LogP contribution in [0.3, 0.4) is 0 Å². The van der Waals surface area contributed by atoms with Gasteiger partial charge in [0.2, 0.25) is 5.91 Å². The van der Waals surface area contributed by atoms with Crippen molar-refractivity contribution in [3.8, 4) is 17.0 Å². The number of hydrogen-bond donors (Lipinski definition) is 1. The number of benzene rings is 3. The molecule has 154 valence electrons. The fraction of sp³-hybridized carbons (Fsp3) is 0.154. The van der Waals surface area contributed by atoms with Crippen molar-refractivity contribution < 1.29 is 9.53 Å². The number of nitrogens with one attached hydrogen (secondary N) is 1. The van der Waals surface area contributed by atoms with Crippen molar-refractivity contribution in [1.29, 1.82) is 0 Å². The third kappa shape index (κ3) is 3.84. The van der Waals surface area contributed by atoms with Crippen LogP contribution in [-0.2, 0) is 17.6 Å². The number of thiazole rings is 1. The van der Waals surface area contributed by atoms with Crippen LogP contribution < -0.4 is 10.1 Å². The average Bonchev–Trinajstić information content (AvgIpc) is 3.23. The van der Waals surface area contributed by atoms with Crippen LogP contribution in [0.1, 0.15) is 27.5 Å². The van der Waals surface area contributed by atoms with Gasteiger partial charge in [0.1, 0.15) is 5.75 Å². The monoisotopic (exact) mass is 426 g/mol. The first-order valence-corrected chi connectivity index (χ1v) is 11.1. The number of fused-ring (bicyclic) bond motifs is 3. The van der Waals surface area contributed by atoms with E-state index in [-0.39, 0.29) is 11.8 Å². The second kappa shape index (κ2) is 8.36. The number of methoxy groups -OCH3 is 1. The van der Waals surface area contributed by atoms with Gasteiger partial charge < -0.3 is 10.1 Å². The van der Waals surface area contributed by atoms with E-state index in [0.717, 1.165) is 41.0 Å². The first kappa shape index (κ1) is 19.5. The van der Waals surface area contributed by atoms with Crippen LogP contribution in [0.25, 0.3) is 11.3 Å². The van der Waals surface area contributed by atoms with Crippen molar-refractivity contribution in [2.45, 2.75) is 18.8 Å². The molecule has 1 heterocycles. The maximum absolute atomic E-state index is 13.4. The Morgan fingerprint density at radius 1 is 0.968 bits per heavy atom. The Morgan fingerprint density at radius 2 is 1.65 bits per heavy atom. The van der Waals surface area contributed by atoms with Crippen LogP contribution in [0, 0.1) is 0 Å². The van der Waals surface area contributed by atoms with E-state index in [1.54, 1.807) is 18.4 Å². The van der Waals surface area contributed by atoms with E-state index in [9.17, 15) is 4.79 Å². The number of aryl methyl sites for hydroxylation is 2. The van der Waals surface area contributed by atoms with Gasteiger partial charge in [0.25, 0.3) is 0 Å². The first-order valence-electron chi connectivity index (χ1n) is 10.3. The largest absolute Gasteiger partial charge is 0.497 e. The molecule has 0 bridgehead atoms. The number of ether oxygens (including phenoxy) is 1. The molecular weight excluding hydrogens is 404 g/mol. The molecule has 4 nitrogen and oxygen atoms in total. The van der Waals surface area contributed by atoms with Crippen LogP contribution >= 0.6 is 11.3 Å². The molecule has 0 saturated heterocycles. The Kier molecular flexibility index (Phi) is 5.26. The highest BCUT2D eigenvalue weighted by atomic mass is 32.1. The number of anilines is 1. The molecule has 5 rings (SSSR count). The van der Waals surface area contributed by atoms with Gasteiger partial charge in [-0.05, 0) is 47.7 Å². The number of nitrogens with zero attached hydrogens (tertiary/aromatic N) is 1. The standard InChI is InChI=1S/C26H22N2O2S/c1-30-20-13-14-21-19(16-20)12-15-22-24(21)27-26(31-22)28-25(29)23(17-8-4-2-5-9-17)18-10-6-3-7-11-18/h2-11,13-14,16,23H,12,15H2,1H3,(H,27,28,29). The third-order valence-electron chi connectivity index (χ3n) is 5.64. The van der Waals surface area contributed by atoms with E-state index in [2.05, 4.69) is 17.4 Å². The van der Waals surface area contributed by atoms with Crippen molar-refractivity contribution in [3.05, 3.63) is 100 Å². The van der Waals surface area contributed by atoms with Gasteiger partial charge in [-0.15, -0.1) is 11.3 Å². The minimum Gasteiger partial charge on any atom is -0.497 e. The molecule has 1 aliphatic carbocycles. The van der Waals surface area contributed by atoms with E-state index in [4.69, 9.17) is 9.72 Å². The summed E-state index contributed by atoms with van der Waals surface area (Å²) in [6.45, 7) is 0. The summed E-state index contributed by atoms with van der Waals surface area (Å²) in [5, 5.41) is 3.74. The highest BCUT2D eigenvalue weighted by Gasteiger charge is 2.26. The number of aromatic nitrogens is 1. The summed E-state index contributed by atoms with van der Waals surface area (Å²) in [7, 11) is 1.68. The van der Waals surface area contributed by atoms with Crippen molar-refractivity contribution in [2.24, 2.45) is 0 Å². The van der Waals surface area contributed by atoms with Crippen molar-refractivity contribution in [2.75, 3.05) is 12.4 Å². The Hall–Kier alpha value is -3.44. The highest BCUT2D eigenvalue weighted by molar-refractivity contribution is 7.16. The summed E-state index contributed by atoms with van der Waals surface area (Å²) in [4.78, 5) is 19.4. The summed E-state index contributed by atoms with van der Waals surface area (Å²) in [6.07, 6.45) is 1.87. The predicted octanol–water partition coefficient (Wildman–Crippen LogP) is 5.69. The molecular formula is C26H22N2O2S. The Labute approximate surface area is 185 Å². The van der Waals surface area contributed by atoms with Gasteiger partial charge in [0.05, 0.1) is 18.7 Å². The summed E-state index contributed by atoms with van der Waals surface area (Å²) < 4.78 is 5.36. The van der Waals surface area contributed by atoms with E-state index in [1.165, 1.54) is 10.4 Å². The third-order valence-corrected chi connectivity index (χ3v) is 6.67. The SMILES string of the molecule is COc1ccc2c(c1)CCc1sc(NC(=O)C(c3ccccc3)c3ccccc3)nc1-2. The quantitative estimate of drug-likeness (QED) is 0.446. The van der Waals surface area contributed by atoms with Gasteiger partial charge in [0, 0.05) is 10.4 Å². The Balaban J connectivity index is 1.46. The molecule has 3 aromatic carbocycles. The topological polar surface area (TPSA) is 51.2 Å². The van der Waals surface area contributed by atoms with Gasteiger partial charge >= 0.3 is 0 Å².